The van der Waals surface area contributed by atoms with Gasteiger partial charge in [0.25, 0.3) is 0 Å². The number of thiophene rings is 1. The maximum atomic E-state index is 2.38. The van der Waals surface area contributed by atoms with Crippen molar-refractivity contribution in [3.8, 4) is 22.3 Å². The molecule has 0 aliphatic heterocycles. The molecule has 8 rings (SSSR count). The quantitative estimate of drug-likeness (QED) is 0.205. The van der Waals surface area contributed by atoms with Gasteiger partial charge in [-0.3, -0.25) is 0 Å². The van der Waals surface area contributed by atoms with E-state index in [1.807, 2.05) is 11.3 Å². The van der Waals surface area contributed by atoms with Gasteiger partial charge in [0, 0.05) is 36.9 Å². The molecule has 0 atom stereocenters. The van der Waals surface area contributed by atoms with Crippen LogP contribution in [0.5, 0.6) is 0 Å². The normalized spacial score (nSPS) is 11.3. The first-order valence-corrected chi connectivity index (χ1v) is 15.1. The molecule has 42 heavy (non-hydrogen) atoms. The molecule has 8 aromatic rings. The molecule has 0 saturated heterocycles. The topological polar surface area (TPSA) is 3.24 Å². The van der Waals surface area contributed by atoms with Crippen LogP contribution in [0.25, 0.3) is 53.2 Å². The van der Waals surface area contributed by atoms with Crippen molar-refractivity contribution in [3.05, 3.63) is 164 Å². The van der Waals surface area contributed by atoms with Crippen molar-refractivity contribution < 1.29 is 0 Å². The highest BCUT2D eigenvalue weighted by Crippen LogP contribution is 2.44. The first kappa shape index (κ1) is 24.6. The van der Waals surface area contributed by atoms with Gasteiger partial charge in [0.1, 0.15) is 0 Å². The van der Waals surface area contributed by atoms with Gasteiger partial charge >= 0.3 is 0 Å². The number of rotatable bonds is 5. The Morgan fingerprint density at radius 2 is 0.952 bits per heavy atom. The molecular formula is C40H27NS. The lowest BCUT2D eigenvalue weighted by Gasteiger charge is -2.27. The highest BCUT2D eigenvalue weighted by Gasteiger charge is 2.18. The Kier molecular flexibility index (Phi) is 6.05. The molecule has 0 saturated carbocycles. The first-order chi connectivity index (χ1) is 20.8. The summed E-state index contributed by atoms with van der Waals surface area (Å²) in [5, 5.41) is 5.21. The van der Waals surface area contributed by atoms with Crippen molar-refractivity contribution in [1.82, 2.24) is 0 Å². The van der Waals surface area contributed by atoms with Gasteiger partial charge in [-0.1, -0.05) is 121 Å². The molecule has 0 spiro atoms. The molecule has 1 heterocycles. The number of anilines is 3. The van der Waals surface area contributed by atoms with Crippen molar-refractivity contribution in [3.63, 3.8) is 0 Å². The fourth-order valence-electron chi connectivity index (χ4n) is 6.16. The maximum absolute atomic E-state index is 2.38. The van der Waals surface area contributed by atoms with E-state index >= 15 is 0 Å². The van der Waals surface area contributed by atoms with E-state index in [1.54, 1.807) is 0 Å². The summed E-state index contributed by atoms with van der Waals surface area (Å²) >= 11 is 1.87. The fourth-order valence-corrected chi connectivity index (χ4v) is 7.28. The zero-order valence-electron chi connectivity index (χ0n) is 22.9. The van der Waals surface area contributed by atoms with Crippen LogP contribution < -0.4 is 4.90 Å². The van der Waals surface area contributed by atoms with E-state index in [9.17, 15) is 0 Å². The second-order valence-corrected chi connectivity index (χ2v) is 11.6. The van der Waals surface area contributed by atoms with Gasteiger partial charge < -0.3 is 4.90 Å². The largest absolute Gasteiger partial charge is 0.310 e. The Morgan fingerprint density at radius 1 is 0.357 bits per heavy atom. The molecule has 1 aromatic heterocycles. The molecule has 1 nitrogen and oxygen atoms in total. The molecule has 2 heteroatoms. The molecule has 0 amide bonds. The zero-order valence-corrected chi connectivity index (χ0v) is 23.8. The van der Waals surface area contributed by atoms with Crippen LogP contribution in [-0.2, 0) is 0 Å². The van der Waals surface area contributed by atoms with Gasteiger partial charge in [0.15, 0.2) is 0 Å². The molecule has 0 N–H and O–H groups in total. The van der Waals surface area contributed by atoms with E-state index < -0.39 is 0 Å². The summed E-state index contributed by atoms with van der Waals surface area (Å²) in [6.45, 7) is 0. The zero-order chi connectivity index (χ0) is 27.9. The van der Waals surface area contributed by atoms with Gasteiger partial charge in [0.2, 0.25) is 0 Å². The average Bonchev–Trinajstić information content (AvgIpc) is 3.46. The third-order valence-corrected chi connectivity index (χ3v) is 9.22. The molecule has 0 unspecified atom stereocenters. The van der Waals surface area contributed by atoms with E-state index in [2.05, 4.69) is 169 Å². The van der Waals surface area contributed by atoms with E-state index in [1.165, 1.54) is 58.9 Å². The Balaban J connectivity index is 1.29. The van der Waals surface area contributed by atoms with Crippen molar-refractivity contribution in [2.24, 2.45) is 0 Å². The predicted molar refractivity (Wildman–Crippen MR) is 182 cm³/mol. The van der Waals surface area contributed by atoms with E-state index in [-0.39, 0.29) is 0 Å². The fraction of sp³-hybridized carbons (Fsp3) is 0. The SMILES string of the molecule is c1ccc(-c2ccccc2-c2ccc(N(c3ccccc3)c3cccc4c3ccc3sc5ccccc5c34)cc2)cc1. The smallest absolute Gasteiger partial charge is 0.0540 e. The van der Waals surface area contributed by atoms with Crippen molar-refractivity contribution in [2.75, 3.05) is 4.90 Å². The number of hydrogen-bond donors (Lipinski definition) is 0. The van der Waals surface area contributed by atoms with Crippen LogP contribution in [0.4, 0.5) is 17.1 Å². The minimum absolute atomic E-state index is 1.13. The Hall–Kier alpha value is -5.18. The van der Waals surface area contributed by atoms with E-state index in [0.29, 0.717) is 0 Å². The lowest BCUT2D eigenvalue weighted by atomic mass is 9.94. The molecular weight excluding hydrogens is 527 g/mol. The summed E-state index contributed by atoms with van der Waals surface area (Å²) in [6.07, 6.45) is 0. The van der Waals surface area contributed by atoms with Crippen LogP contribution in [0.2, 0.25) is 0 Å². The van der Waals surface area contributed by atoms with Crippen LogP contribution in [0.15, 0.2) is 164 Å². The summed E-state index contributed by atoms with van der Waals surface area (Å²) in [6, 6.07) is 59.0. The molecule has 7 aromatic carbocycles. The monoisotopic (exact) mass is 553 g/mol. The number of para-hydroxylation sites is 1. The predicted octanol–water partition coefficient (Wildman–Crippen LogP) is 12.0. The summed E-state index contributed by atoms with van der Waals surface area (Å²) in [5.41, 5.74) is 8.35. The third kappa shape index (κ3) is 4.16. The maximum Gasteiger partial charge on any atom is 0.0540 e. The molecule has 198 valence electrons. The molecule has 0 aliphatic carbocycles. The summed E-state index contributed by atoms with van der Waals surface area (Å²) < 4.78 is 2.66. The van der Waals surface area contributed by atoms with E-state index in [4.69, 9.17) is 0 Å². The van der Waals surface area contributed by atoms with Gasteiger partial charge in [-0.15, -0.1) is 11.3 Å². The third-order valence-electron chi connectivity index (χ3n) is 8.08. The molecule has 0 fully saturated rings. The summed E-state index contributed by atoms with van der Waals surface area (Å²) in [7, 11) is 0. The van der Waals surface area contributed by atoms with E-state index in [0.717, 1.165) is 11.4 Å². The number of benzene rings is 7. The van der Waals surface area contributed by atoms with Gasteiger partial charge in [-0.05, 0) is 70.1 Å². The van der Waals surface area contributed by atoms with Gasteiger partial charge in [0.05, 0.1) is 5.69 Å². The summed E-state index contributed by atoms with van der Waals surface area (Å²) in [5.74, 6) is 0. The lowest BCUT2D eigenvalue weighted by Crippen LogP contribution is -2.10. The molecule has 0 radical (unpaired) electrons. The van der Waals surface area contributed by atoms with Crippen molar-refractivity contribution in [2.45, 2.75) is 0 Å². The number of fused-ring (bicyclic) bond motifs is 5. The lowest BCUT2D eigenvalue weighted by molar-refractivity contribution is 1.30. The minimum Gasteiger partial charge on any atom is -0.310 e. The minimum atomic E-state index is 1.13. The van der Waals surface area contributed by atoms with Crippen molar-refractivity contribution >= 4 is 59.3 Å². The number of hydrogen-bond acceptors (Lipinski definition) is 2. The summed E-state index contributed by atoms with van der Waals surface area (Å²) in [4.78, 5) is 2.38. The van der Waals surface area contributed by atoms with Crippen LogP contribution >= 0.6 is 11.3 Å². The van der Waals surface area contributed by atoms with Crippen molar-refractivity contribution in [1.29, 1.82) is 0 Å². The highest BCUT2D eigenvalue weighted by molar-refractivity contribution is 7.26. The van der Waals surface area contributed by atoms with Crippen LogP contribution in [0.1, 0.15) is 0 Å². The number of nitrogens with zero attached hydrogens (tertiary/aromatic N) is 1. The van der Waals surface area contributed by atoms with Crippen LogP contribution in [-0.4, -0.2) is 0 Å². The molecule has 0 aliphatic rings. The molecule has 0 bridgehead atoms. The second-order valence-electron chi connectivity index (χ2n) is 10.5. The standard InChI is InChI=1S/C40H27NS/c1-3-12-28(13-4-1)32-16-7-8-17-33(32)29-22-24-31(25-23-29)41(30-14-5-2-6-15-30)37-20-11-19-35-34(37)26-27-39-40(35)36-18-9-10-21-38(36)42-39/h1-27H. The average molecular weight is 554 g/mol. The Morgan fingerprint density at radius 3 is 1.71 bits per heavy atom. The van der Waals surface area contributed by atoms with Crippen LogP contribution in [0, 0.1) is 0 Å². The Bertz CT molecular complexity index is 2180. The first-order valence-electron chi connectivity index (χ1n) is 14.3. The highest BCUT2D eigenvalue weighted by atomic mass is 32.1. The Labute approximate surface area is 249 Å². The van der Waals surface area contributed by atoms with Crippen LogP contribution in [0.3, 0.4) is 0 Å². The van der Waals surface area contributed by atoms with Gasteiger partial charge in [-0.25, -0.2) is 0 Å². The van der Waals surface area contributed by atoms with Gasteiger partial charge in [-0.2, -0.15) is 0 Å². The second kappa shape index (κ2) is 10.3.